The Morgan fingerprint density at radius 2 is 2.12 bits per heavy atom. The fourth-order valence-corrected chi connectivity index (χ4v) is 2.80. The molecule has 0 aromatic carbocycles. The van der Waals surface area contributed by atoms with Gasteiger partial charge in [-0.05, 0) is 13.3 Å². The maximum absolute atomic E-state index is 12.0. The van der Waals surface area contributed by atoms with Crippen LogP contribution in [-0.4, -0.2) is 45.5 Å². The number of nitrogens with zero attached hydrogens (tertiary/aromatic N) is 1. The smallest absolute Gasteiger partial charge is 0.332 e. The summed E-state index contributed by atoms with van der Waals surface area (Å²) in [6, 6.07) is -0.405. The molecule has 1 fully saturated rings. The lowest BCUT2D eigenvalue weighted by atomic mass is 9.79. The Kier molecular flexibility index (Phi) is 2.65. The van der Waals surface area contributed by atoms with Crippen LogP contribution in [0.5, 0.6) is 0 Å². The number of carboxylic acid groups (broad SMARTS) is 2. The molecule has 1 amide bonds. The molecule has 0 unspecified atom stereocenters. The van der Waals surface area contributed by atoms with E-state index in [4.69, 9.17) is 10.2 Å². The molecular weight excluding hydrogens is 226 g/mol. The average Bonchev–Trinajstić information content (AvgIpc) is 2.45. The fraction of sp³-hybridized carbons (Fsp3) is 0.545. The monoisotopic (exact) mass is 239 g/mol. The third-order valence-corrected chi connectivity index (χ3v) is 3.51. The van der Waals surface area contributed by atoms with Gasteiger partial charge in [0.25, 0.3) is 0 Å². The molecular formula is C11H13NO5. The van der Waals surface area contributed by atoms with E-state index in [0.29, 0.717) is 13.0 Å². The average molecular weight is 239 g/mol. The predicted molar refractivity (Wildman–Crippen MR) is 56.1 cm³/mol. The molecule has 1 aliphatic heterocycles. The molecule has 3 atom stereocenters. The number of carbonyl (C=O) groups is 3. The molecule has 1 aliphatic carbocycles. The number of amides is 1. The number of aliphatic carboxylic acids is 2. The van der Waals surface area contributed by atoms with Gasteiger partial charge in [-0.1, -0.05) is 6.08 Å². The van der Waals surface area contributed by atoms with Crippen LogP contribution in [0.25, 0.3) is 0 Å². The zero-order valence-corrected chi connectivity index (χ0v) is 9.29. The van der Waals surface area contributed by atoms with Gasteiger partial charge >= 0.3 is 11.9 Å². The van der Waals surface area contributed by atoms with E-state index in [2.05, 4.69) is 0 Å². The molecule has 1 saturated heterocycles. The van der Waals surface area contributed by atoms with Crippen molar-refractivity contribution in [3.05, 3.63) is 11.6 Å². The first-order valence-electron chi connectivity index (χ1n) is 5.45. The first-order valence-corrected chi connectivity index (χ1v) is 5.45. The highest BCUT2D eigenvalue weighted by molar-refractivity contribution is 6.01. The van der Waals surface area contributed by atoms with Crippen LogP contribution in [0.4, 0.5) is 0 Å². The summed E-state index contributed by atoms with van der Waals surface area (Å²) in [4.78, 5) is 35.7. The topological polar surface area (TPSA) is 94.9 Å². The number of fused-ring (bicyclic) bond motifs is 2. The van der Waals surface area contributed by atoms with E-state index >= 15 is 0 Å². The molecule has 1 heterocycles. The molecule has 2 N–H and O–H groups in total. The third-order valence-electron chi connectivity index (χ3n) is 3.51. The summed E-state index contributed by atoms with van der Waals surface area (Å²) in [5, 5.41) is 18.2. The minimum atomic E-state index is -1.20. The number of carboxylic acids is 2. The van der Waals surface area contributed by atoms with Crippen molar-refractivity contribution in [2.24, 2.45) is 11.8 Å². The van der Waals surface area contributed by atoms with E-state index in [1.165, 1.54) is 11.0 Å². The molecule has 0 spiro atoms. The second-order valence-electron chi connectivity index (χ2n) is 4.23. The predicted octanol–water partition coefficient (Wildman–Crippen LogP) is -0.0512. The van der Waals surface area contributed by atoms with Gasteiger partial charge in [-0.3, -0.25) is 9.59 Å². The molecule has 6 nitrogen and oxygen atoms in total. The first-order chi connectivity index (χ1) is 7.99. The van der Waals surface area contributed by atoms with Gasteiger partial charge in [-0.15, -0.1) is 0 Å². The summed E-state index contributed by atoms with van der Waals surface area (Å²) in [6.07, 6.45) is 1.78. The normalized spacial score (nSPS) is 31.4. The standard InChI is InChI=1S/C11H13NO5/c1-2-12-6-4-3-5(10(14)15)7(9(12)13)8(6)11(16)17/h3,6-8H,2,4H2,1H3,(H,14,15)(H,16,17)/t6-,7-,8+/m1/s1. The zero-order valence-electron chi connectivity index (χ0n) is 9.29. The Morgan fingerprint density at radius 1 is 1.47 bits per heavy atom. The molecule has 6 heteroatoms. The van der Waals surface area contributed by atoms with E-state index in [-0.39, 0.29) is 11.5 Å². The van der Waals surface area contributed by atoms with Gasteiger partial charge in [0.15, 0.2) is 0 Å². The molecule has 0 aromatic heterocycles. The van der Waals surface area contributed by atoms with E-state index in [0.717, 1.165) is 0 Å². The van der Waals surface area contributed by atoms with Crippen LogP contribution >= 0.6 is 0 Å². The Hall–Kier alpha value is -1.85. The van der Waals surface area contributed by atoms with Crippen molar-refractivity contribution in [1.29, 1.82) is 0 Å². The lowest BCUT2D eigenvalue weighted by molar-refractivity contribution is -0.145. The van der Waals surface area contributed by atoms with Crippen LogP contribution in [0.1, 0.15) is 13.3 Å². The fourth-order valence-electron chi connectivity index (χ4n) is 2.80. The highest BCUT2D eigenvalue weighted by atomic mass is 16.4. The van der Waals surface area contributed by atoms with Crippen molar-refractivity contribution in [1.82, 2.24) is 4.90 Å². The Morgan fingerprint density at radius 3 is 2.59 bits per heavy atom. The van der Waals surface area contributed by atoms with Gasteiger partial charge < -0.3 is 15.1 Å². The number of hydrogen-bond donors (Lipinski definition) is 2. The molecule has 0 aromatic rings. The van der Waals surface area contributed by atoms with Crippen LogP contribution in [-0.2, 0) is 14.4 Å². The molecule has 0 radical (unpaired) electrons. The molecule has 17 heavy (non-hydrogen) atoms. The number of hydrogen-bond acceptors (Lipinski definition) is 3. The molecule has 2 bridgehead atoms. The van der Waals surface area contributed by atoms with Crippen molar-refractivity contribution in [3.63, 3.8) is 0 Å². The minimum absolute atomic E-state index is 0.0744. The van der Waals surface area contributed by atoms with Crippen LogP contribution in [0.2, 0.25) is 0 Å². The number of likely N-dealkylation sites (tertiary alicyclic amines) is 1. The summed E-state index contributed by atoms with van der Waals surface area (Å²) in [6.45, 7) is 2.17. The summed E-state index contributed by atoms with van der Waals surface area (Å²) in [5.41, 5.74) is -0.0744. The maximum atomic E-state index is 12.0. The van der Waals surface area contributed by atoms with Crippen molar-refractivity contribution >= 4 is 17.8 Å². The van der Waals surface area contributed by atoms with Crippen molar-refractivity contribution in [2.45, 2.75) is 19.4 Å². The van der Waals surface area contributed by atoms with Gasteiger partial charge in [0.05, 0.1) is 11.8 Å². The van der Waals surface area contributed by atoms with Gasteiger partial charge in [0, 0.05) is 18.2 Å². The summed E-state index contributed by atoms with van der Waals surface area (Å²) in [5.74, 6) is -4.64. The van der Waals surface area contributed by atoms with Crippen LogP contribution in [0.3, 0.4) is 0 Å². The van der Waals surface area contributed by atoms with Crippen LogP contribution in [0, 0.1) is 11.8 Å². The largest absolute Gasteiger partial charge is 0.481 e. The molecule has 92 valence electrons. The zero-order chi connectivity index (χ0) is 12.7. The van der Waals surface area contributed by atoms with Crippen LogP contribution in [0.15, 0.2) is 11.6 Å². The summed E-state index contributed by atoms with van der Waals surface area (Å²) in [7, 11) is 0. The summed E-state index contributed by atoms with van der Waals surface area (Å²) < 4.78 is 0. The highest BCUT2D eigenvalue weighted by Gasteiger charge is 2.55. The quantitative estimate of drug-likeness (QED) is 0.720. The minimum Gasteiger partial charge on any atom is -0.481 e. The van der Waals surface area contributed by atoms with Gasteiger partial charge in [-0.25, -0.2) is 4.79 Å². The van der Waals surface area contributed by atoms with Crippen molar-refractivity contribution in [2.75, 3.05) is 6.54 Å². The Bertz CT molecular complexity index is 428. The second kappa shape index (κ2) is 3.87. The van der Waals surface area contributed by atoms with Crippen LogP contribution < -0.4 is 0 Å². The third kappa shape index (κ3) is 1.51. The van der Waals surface area contributed by atoms with Crippen molar-refractivity contribution in [3.8, 4) is 0 Å². The first kappa shape index (κ1) is 11.6. The highest BCUT2D eigenvalue weighted by Crippen LogP contribution is 2.41. The lowest BCUT2D eigenvalue weighted by Gasteiger charge is -2.26. The maximum Gasteiger partial charge on any atom is 0.332 e. The van der Waals surface area contributed by atoms with E-state index in [9.17, 15) is 14.4 Å². The number of carbonyl (C=O) groups excluding carboxylic acids is 1. The van der Waals surface area contributed by atoms with E-state index in [1.54, 1.807) is 6.92 Å². The molecule has 2 rings (SSSR count). The van der Waals surface area contributed by atoms with Gasteiger partial charge in [0.2, 0.25) is 5.91 Å². The lowest BCUT2D eigenvalue weighted by Crippen LogP contribution is -2.38. The number of rotatable bonds is 3. The SMILES string of the molecule is CCN1C(=O)[C@@H]2C(C(=O)O)=CC[C@@H]1[C@@H]2C(=O)O. The Balaban J connectivity index is 2.46. The van der Waals surface area contributed by atoms with E-state index in [1.807, 2.05) is 0 Å². The molecule has 0 saturated carbocycles. The van der Waals surface area contributed by atoms with Gasteiger partial charge in [-0.2, -0.15) is 0 Å². The molecule has 2 aliphatic rings. The van der Waals surface area contributed by atoms with Crippen molar-refractivity contribution < 1.29 is 24.6 Å². The summed E-state index contributed by atoms with van der Waals surface area (Å²) >= 11 is 0. The van der Waals surface area contributed by atoms with Gasteiger partial charge in [0.1, 0.15) is 0 Å². The van der Waals surface area contributed by atoms with E-state index < -0.39 is 29.8 Å². The Labute approximate surface area is 97.5 Å². The second-order valence-corrected chi connectivity index (χ2v) is 4.23.